The van der Waals surface area contributed by atoms with Crippen LogP contribution in [0.1, 0.15) is 39.5 Å². The Morgan fingerprint density at radius 2 is 1.74 bits per heavy atom. The number of carbonyl (C=O) groups is 2. The molecule has 0 atom stereocenters. The van der Waals surface area contributed by atoms with Gasteiger partial charge in [-0.15, -0.1) is 0 Å². The summed E-state index contributed by atoms with van der Waals surface area (Å²) in [5.74, 6) is -1.01. The van der Waals surface area contributed by atoms with Gasteiger partial charge in [0.1, 0.15) is 0 Å². The lowest BCUT2D eigenvalue weighted by Gasteiger charge is -2.41. The Labute approximate surface area is 114 Å². The van der Waals surface area contributed by atoms with Crippen molar-refractivity contribution in [1.82, 2.24) is 9.80 Å². The summed E-state index contributed by atoms with van der Waals surface area (Å²) in [6.45, 7) is 7.19. The molecule has 2 saturated heterocycles. The maximum atomic E-state index is 12.4. The van der Waals surface area contributed by atoms with Crippen molar-refractivity contribution in [3.63, 3.8) is 0 Å². The van der Waals surface area contributed by atoms with Crippen LogP contribution in [-0.4, -0.2) is 53.1 Å². The van der Waals surface area contributed by atoms with Crippen molar-refractivity contribution in [2.24, 2.45) is 11.3 Å². The number of piperidine rings is 2. The summed E-state index contributed by atoms with van der Waals surface area (Å²) >= 11 is 0. The fraction of sp³-hybridized carbons (Fsp3) is 0.857. The van der Waals surface area contributed by atoms with Gasteiger partial charge >= 0.3 is 12.0 Å². The molecule has 2 heterocycles. The number of rotatable bonds is 1. The summed E-state index contributed by atoms with van der Waals surface area (Å²) in [6.07, 6.45) is 3.39. The first-order valence-electron chi connectivity index (χ1n) is 7.16. The molecule has 0 spiro atoms. The van der Waals surface area contributed by atoms with Gasteiger partial charge in [0, 0.05) is 26.2 Å². The number of likely N-dealkylation sites (tertiary alicyclic amines) is 2. The van der Waals surface area contributed by atoms with Crippen LogP contribution in [0.15, 0.2) is 0 Å². The van der Waals surface area contributed by atoms with E-state index >= 15 is 0 Å². The number of carboxylic acids is 1. The second kappa shape index (κ2) is 5.39. The van der Waals surface area contributed by atoms with Crippen LogP contribution in [0.25, 0.3) is 0 Å². The van der Waals surface area contributed by atoms with Crippen molar-refractivity contribution in [3.05, 3.63) is 0 Å². The summed E-state index contributed by atoms with van der Waals surface area (Å²) in [5.41, 5.74) is 0.202. The highest BCUT2D eigenvalue weighted by atomic mass is 16.4. The van der Waals surface area contributed by atoms with Gasteiger partial charge in [-0.1, -0.05) is 13.8 Å². The van der Waals surface area contributed by atoms with Crippen molar-refractivity contribution in [2.45, 2.75) is 39.5 Å². The summed E-state index contributed by atoms with van der Waals surface area (Å²) in [7, 11) is 0. The highest BCUT2D eigenvalue weighted by Gasteiger charge is 2.33. The molecule has 2 aliphatic heterocycles. The van der Waals surface area contributed by atoms with Crippen LogP contribution < -0.4 is 0 Å². The number of carboxylic acid groups (broad SMARTS) is 1. The molecule has 0 aromatic carbocycles. The molecule has 2 rings (SSSR count). The van der Waals surface area contributed by atoms with Gasteiger partial charge in [0.25, 0.3) is 0 Å². The van der Waals surface area contributed by atoms with Crippen molar-refractivity contribution in [2.75, 3.05) is 26.2 Å². The first kappa shape index (κ1) is 14.2. The fourth-order valence-corrected chi connectivity index (χ4v) is 3.10. The van der Waals surface area contributed by atoms with E-state index in [1.165, 1.54) is 0 Å². The Hall–Kier alpha value is -1.26. The van der Waals surface area contributed by atoms with Crippen LogP contribution in [0.4, 0.5) is 4.79 Å². The molecule has 5 nitrogen and oxygen atoms in total. The predicted octanol–water partition coefficient (Wildman–Crippen LogP) is 2.03. The lowest BCUT2D eigenvalue weighted by Crippen LogP contribution is -2.51. The molecule has 0 aliphatic carbocycles. The lowest BCUT2D eigenvalue weighted by molar-refractivity contribution is -0.143. The van der Waals surface area contributed by atoms with Gasteiger partial charge in [-0.2, -0.15) is 0 Å². The molecule has 5 heteroatoms. The number of nitrogens with zero attached hydrogens (tertiary/aromatic N) is 2. The first-order chi connectivity index (χ1) is 8.89. The Morgan fingerprint density at radius 3 is 2.26 bits per heavy atom. The molecule has 0 bridgehead atoms. The molecule has 19 heavy (non-hydrogen) atoms. The molecule has 2 fully saturated rings. The molecule has 1 N–H and O–H groups in total. The quantitative estimate of drug-likeness (QED) is 0.791. The monoisotopic (exact) mass is 268 g/mol. The number of hydrogen-bond acceptors (Lipinski definition) is 2. The standard InChI is InChI=1S/C14H24N2O3/c1-14(2)6-3-7-16(10-14)13(19)15-8-4-11(5-9-15)12(17)18/h11H,3-10H2,1-2H3,(H,17,18). The van der Waals surface area contributed by atoms with Crippen molar-refractivity contribution in [3.8, 4) is 0 Å². The summed E-state index contributed by atoms with van der Waals surface area (Å²) < 4.78 is 0. The number of hydrogen-bond donors (Lipinski definition) is 1. The van der Waals surface area contributed by atoms with E-state index in [4.69, 9.17) is 5.11 Å². The van der Waals surface area contributed by atoms with Crippen molar-refractivity contribution >= 4 is 12.0 Å². The van der Waals surface area contributed by atoms with Gasteiger partial charge in [0.15, 0.2) is 0 Å². The number of amides is 2. The minimum Gasteiger partial charge on any atom is -0.481 e. The van der Waals surface area contributed by atoms with Crippen LogP contribution in [0.5, 0.6) is 0 Å². The van der Waals surface area contributed by atoms with Crippen molar-refractivity contribution in [1.29, 1.82) is 0 Å². The van der Waals surface area contributed by atoms with E-state index in [0.717, 1.165) is 25.9 Å². The normalized spacial score (nSPS) is 24.3. The zero-order valence-corrected chi connectivity index (χ0v) is 11.9. The molecule has 0 aromatic rings. The molecule has 2 aliphatic rings. The third-order valence-corrected chi connectivity index (χ3v) is 4.29. The van der Waals surface area contributed by atoms with Gasteiger partial charge in [0.2, 0.25) is 0 Å². The molecule has 0 saturated carbocycles. The zero-order valence-electron chi connectivity index (χ0n) is 11.9. The van der Waals surface area contributed by atoms with Gasteiger partial charge in [-0.25, -0.2) is 4.79 Å². The van der Waals surface area contributed by atoms with Crippen LogP contribution in [0, 0.1) is 11.3 Å². The molecule has 0 aromatic heterocycles. The molecule has 0 radical (unpaired) electrons. The average molecular weight is 268 g/mol. The van der Waals surface area contributed by atoms with Crippen LogP contribution in [-0.2, 0) is 4.79 Å². The second-order valence-corrected chi connectivity index (χ2v) is 6.57. The number of urea groups is 1. The van der Waals surface area contributed by atoms with Crippen LogP contribution in [0.2, 0.25) is 0 Å². The van der Waals surface area contributed by atoms with Crippen molar-refractivity contribution < 1.29 is 14.7 Å². The van der Waals surface area contributed by atoms with E-state index in [9.17, 15) is 9.59 Å². The topological polar surface area (TPSA) is 60.9 Å². The zero-order chi connectivity index (χ0) is 14.0. The smallest absolute Gasteiger partial charge is 0.320 e. The van der Waals surface area contributed by atoms with E-state index < -0.39 is 5.97 Å². The van der Waals surface area contributed by atoms with Crippen LogP contribution >= 0.6 is 0 Å². The Balaban J connectivity index is 1.89. The molecule has 108 valence electrons. The highest BCUT2D eigenvalue weighted by molar-refractivity contribution is 5.75. The molecular formula is C14H24N2O3. The maximum Gasteiger partial charge on any atom is 0.320 e. The van der Waals surface area contributed by atoms with Gasteiger partial charge in [-0.05, 0) is 31.1 Å². The third kappa shape index (κ3) is 3.39. The van der Waals surface area contributed by atoms with E-state index in [0.29, 0.717) is 25.9 Å². The molecular weight excluding hydrogens is 244 g/mol. The van der Waals surface area contributed by atoms with Gasteiger partial charge < -0.3 is 14.9 Å². The second-order valence-electron chi connectivity index (χ2n) is 6.57. The largest absolute Gasteiger partial charge is 0.481 e. The Bertz CT molecular complexity index is 360. The Morgan fingerprint density at radius 1 is 1.11 bits per heavy atom. The number of aliphatic carboxylic acids is 1. The number of carbonyl (C=O) groups excluding carboxylic acids is 1. The average Bonchev–Trinajstić information content (AvgIpc) is 2.37. The SMILES string of the molecule is CC1(C)CCCN(C(=O)N2CCC(C(=O)O)CC2)C1. The fourth-order valence-electron chi connectivity index (χ4n) is 3.10. The van der Waals surface area contributed by atoms with E-state index in [1.54, 1.807) is 0 Å². The van der Waals surface area contributed by atoms with E-state index in [2.05, 4.69) is 13.8 Å². The minimum absolute atomic E-state index is 0.0941. The van der Waals surface area contributed by atoms with Crippen LogP contribution in [0.3, 0.4) is 0 Å². The highest BCUT2D eigenvalue weighted by Crippen LogP contribution is 2.29. The van der Waals surface area contributed by atoms with Gasteiger partial charge in [-0.3, -0.25) is 4.79 Å². The Kier molecular flexibility index (Phi) is 4.02. The minimum atomic E-state index is -0.730. The summed E-state index contributed by atoms with van der Waals surface area (Å²) in [5, 5.41) is 8.97. The lowest BCUT2D eigenvalue weighted by atomic mass is 9.84. The van der Waals surface area contributed by atoms with E-state index in [1.807, 2.05) is 9.80 Å². The predicted molar refractivity (Wildman–Crippen MR) is 71.9 cm³/mol. The summed E-state index contributed by atoms with van der Waals surface area (Å²) in [4.78, 5) is 27.1. The first-order valence-corrected chi connectivity index (χ1v) is 7.16. The maximum absolute atomic E-state index is 12.4. The molecule has 0 unspecified atom stereocenters. The third-order valence-electron chi connectivity index (χ3n) is 4.29. The van der Waals surface area contributed by atoms with Gasteiger partial charge in [0.05, 0.1) is 5.92 Å². The van der Waals surface area contributed by atoms with E-state index in [-0.39, 0.29) is 17.4 Å². The summed E-state index contributed by atoms with van der Waals surface area (Å²) in [6, 6.07) is 0.0941. The molecule has 2 amide bonds.